The predicted molar refractivity (Wildman–Crippen MR) is 311 cm³/mol. The van der Waals surface area contributed by atoms with Crippen molar-refractivity contribution < 1.29 is 29.0 Å². The maximum atomic E-state index is 13.9. The quantitative estimate of drug-likeness (QED) is 0.0766. The van der Waals surface area contributed by atoms with E-state index in [-0.39, 0.29) is 66.6 Å². The average Bonchev–Trinajstić information content (AvgIpc) is 4.24. The van der Waals surface area contributed by atoms with E-state index in [2.05, 4.69) is 35.6 Å². The summed E-state index contributed by atoms with van der Waals surface area (Å²) in [5.74, 6) is 0.254. The minimum atomic E-state index is -0.900. The highest BCUT2D eigenvalue weighted by Gasteiger charge is 2.26. The highest BCUT2D eigenvalue weighted by Crippen LogP contribution is 2.30. The van der Waals surface area contributed by atoms with Gasteiger partial charge in [-0.05, 0) is 94.3 Å². The van der Waals surface area contributed by atoms with Crippen molar-refractivity contribution in [2.45, 2.75) is 79.0 Å². The Hall–Kier alpha value is -9.29. The molecule has 24 nitrogen and oxygen atoms in total. The molecule has 10 aromatic rings. The van der Waals surface area contributed by atoms with E-state index in [0.29, 0.717) is 67.7 Å². The Morgan fingerprint density at radius 2 is 1.17 bits per heavy atom. The Bertz CT molecular complexity index is 4470. The third-order valence-electron chi connectivity index (χ3n) is 13.7. The van der Waals surface area contributed by atoms with Crippen molar-refractivity contribution in [3.63, 3.8) is 0 Å². The zero-order valence-corrected chi connectivity index (χ0v) is 48.0. The molecule has 8 aromatic heterocycles. The van der Waals surface area contributed by atoms with Crippen molar-refractivity contribution in [1.29, 1.82) is 0 Å². The van der Waals surface area contributed by atoms with Crippen LogP contribution in [0.3, 0.4) is 0 Å². The maximum absolute atomic E-state index is 13.9. The van der Waals surface area contributed by atoms with Gasteiger partial charge in [-0.2, -0.15) is 9.97 Å². The van der Waals surface area contributed by atoms with Gasteiger partial charge in [0, 0.05) is 84.4 Å². The Morgan fingerprint density at radius 3 is 1.68 bits per heavy atom. The fourth-order valence-electron chi connectivity index (χ4n) is 9.44. The molecular weight excluding hydrogens is 1100 g/mol. The predicted octanol–water partition coefficient (Wildman–Crippen LogP) is 7.51. The number of aliphatic carboxylic acids is 1. The van der Waals surface area contributed by atoms with Crippen LogP contribution in [0.4, 0.5) is 28.3 Å². The van der Waals surface area contributed by atoms with Crippen molar-refractivity contribution in [2.24, 2.45) is 28.2 Å². The normalized spacial score (nSPS) is 11.6. The highest BCUT2D eigenvalue weighted by atomic mass is 35.5. The van der Waals surface area contributed by atoms with Crippen LogP contribution in [-0.2, 0) is 73.2 Å². The smallest absolute Gasteiger partial charge is 0.419 e. The maximum Gasteiger partial charge on any atom is 0.419 e. The van der Waals surface area contributed by atoms with Crippen molar-refractivity contribution in [3.8, 4) is 0 Å². The van der Waals surface area contributed by atoms with Gasteiger partial charge in [0.1, 0.15) is 17.2 Å². The fourth-order valence-corrected chi connectivity index (χ4v) is 9.89. The molecule has 0 saturated heterocycles. The van der Waals surface area contributed by atoms with Gasteiger partial charge in [0.25, 0.3) is 11.1 Å². The topological polar surface area (TPSA) is 284 Å². The second-order valence-corrected chi connectivity index (χ2v) is 21.4. The molecule has 0 aliphatic carbocycles. The van der Waals surface area contributed by atoms with Gasteiger partial charge in [-0.15, -0.1) is 0 Å². The van der Waals surface area contributed by atoms with E-state index in [1.807, 2.05) is 44.2 Å². The first-order chi connectivity index (χ1) is 38.8. The molecule has 82 heavy (non-hydrogen) atoms. The van der Waals surface area contributed by atoms with Crippen molar-refractivity contribution >= 4 is 109 Å². The Morgan fingerprint density at radius 1 is 0.659 bits per heavy atom. The monoisotopic (exact) mass is 1160 g/mol. The number of nitrogens with zero attached hydrogens (tertiary/aromatic N) is 11. The van der Waals surface area contributed by atoms with E-state index >= 15 is 0 Å². The lowest BCUT2D eigenvalue weighted by Gasteiger charge is -2.21. The standard InChI is InChI=1S/C31H34ClN7O6.C25H24ClN7O4/c1-17-11-13-23(33-21(17)12-14-24(40)44-7)34-28-35-26-25(36(28)5)27(41)38(29(42)37(26)6)16-18-15-19-20(32)9-8-10-22(19)39(18)30(43)45-31(2,3)4;1-13-7-9-19(28-17(13)8-10-20(34)35)29-24-30-22-21(31(24)2)23(36)33(25(37)32(22)3)12-14-11-15-16(26)5-4-6-18(15)27-14/h8-11,13,15H,12,14,16H2,1-7H3,(H,33,34,35);4-7,9,11,27H,8,10,12H2,1-3H3,(H,34,35)(H,28,29,30). The molecule has 0 amide bonds. The number of nitrogens with one attached hydrogen (secondary N) is 3. The van der Waals surface area contributed by atoms with Crippen LogP contribution in [0.25, 0.3) is 44.1 Å². The number of aromatic nitrogens is 12. The number of benzene rings is 2. The number of H-pyrrole nitrogens is 1. The number of hydrogen-bond acceptors (Lipinski definition) is 15. The van der Waals surface area contributed by atoms with Gasteiger partial charge in [0.05, 0.1) is 44.3 Å². The molecule has 0 fully saturated rings. The fraction of sp³-hybridized carbons (Fsp3) is 0.304. The van der Waals surface area contributed by atoms with Crippen LogP contribution in [-0.4, -0.2) is 92.7 Å². The van der Waals surface area contributed by atoms with Gasteiger partial charge in [0.15, 0.2) is 22.3 Å². The highest BCUT2D eigenvalue weighted by molar-refractivity contribution is 6.36. The van der Waals surface area contributed by atoms with E-state index in [9.17, 15) is 33.6 Å². The van der Waals surface area contributed by atoms with E-state index in [4.69, 9.17) is 37.8 Å². The summed E-state index contributed by atoms with van der Waals surface area (Å²) in [7, 11) is 7.75. The number of methoxy groups -OCH3 is 1. The summed E-state index contributed by atoms with van der Waals surface area (Å²) in [5.41, 5.74) is 3.26. The number of rotatable bonds is 14. The minimum absolute atomic E-state index is 0.0339. The van der Waals surface area contributed by atoms with Gasteiger partial charge in [-0.3, -0.25) is 37.4 Å². The van der Waals surface area contributed by atoms with E-state index in [1.54, 1.807) is 93.5 Å². The molecule has 0 saturated carbocycles. The van der Waals surface area contributed by atoms with E-state index in [0.717, 1.165) is 31.2 Å². The number of carbonyl (C=O) groups is 3. The van der Waals surface area contributed by atoms with Crippen LogP contribution in [0.1, 0.15) is 67.5 Å². The molecule has 0 spiro atoms. The van der Waals surface area contributed by atoms with Crippen LogP contribution in [0, 0.1) is 13.8 Å². The van der Waals surface area contributed by atoms with Crippen LogP contribution < -0.4 is 33.1 Å². The third-order valence-corrected chi connectivity index (χ3v) is 14.4. The van der Waals surface area contributed by atoms with Crippen molar-refractivity contribution in [2.75, 3.05) is 17.7 Å². The number of aryl methyl sites for hydroxylation is 8. The molecule has 2 aromatic carbocycles. The number of imidazole rings is 2. The van der Waals surface area contributed by atoms with Crippen LogP contribution in [0.15, 0.2) is 92.0 Å². The number of anilines is 4. The van der Waals surface area contributed by atoms with Gasteiger partial charge in [-0.25, -0.2) is 28.9 Å². The molecule has 426 valence electrons. The SMILES string of the molecule is COC(=O)CCc1nc(Nc2nc3c(c(=O)n(Cc4cc5c(Cl)cccc5n4C(=O)OC(C)(C)C)c(=O)n3C)n2C)ccc1C.Cc1ccc(Nc2nc3c(c(=O)n(Cc4cc5c(Cl)cccc5[nH]4)c(=O)n3C)n2C)nc1CCC(=O)O. The summed E-state index contributed by atoms with van der Waals surface area (Å²) in [6.45, 7) is 8.81. The number of esters is 1. The summed E-state index contributed by atoms with van der Waals surface area (Å²) in [6.07, 6.45) is 0.164. The first-order valence-corrected chi connectivity index (χ1v) is 26.5. The molecule has 0 aliphatic rings. The molecule has 0 atom stereocenters. The number of ether oxygens (including phenoxy) is 2. The van der Waals surface area contributed by atoms with Crippen molar-refractivity contribution in [1.82, 2.24) is 56.9 Å². The second kappa shape index (κ2) is 22.7. The number of carbonyl (C=O) groups excluding carboxylic acids is 2. The third kappa shape index (κ3) is 11.4. The van der Waals surface area contributed by atoms with Gasteiger partial charge in [-0.1, -0.05) is 47.5 Å². The summed E-state index contributed by atoms with van der Waals surface area (Å²) < 4.78 is 19.7. The molecule has 8 heterocycles. The first-order valence-electron chi connectivity index (χ1n) is 25.7. The largest absolute Gasteiger partial charge is 0.481 e. The number of aromatic amines is 1. The summed E-state index contributed by atoms with van der Waals surface area (Å²) >= 11 is 12.7. The molecule has 0 aliphatic heterocycles. The molecule has 26 heteroatoms. The Kier molecular flexibility index (Phi) is 15.9. The van der Waals surface area contributed by atoms with E-state index in [1.165, 1.54) is 27.9 Å². The number of carboxylic acid groups (broad SMARTS) is 1. The Balaban J connectivity index is 0.000000201. The van der Waals surface area contributed by atoms with Crippen LogP contribution in [0.5, 0.6) is 0 Å². The number of fused-ring (bicyclic) bond motifs is 4. The Labute approximate surface area is 476 Å². The first kappa shape index (κ1) is 57.4. The van der Waals surface area contributed by atoms with Crippen LogP contribution in [0.2, 0.25) is 10.0 Å². The number of halogens is 2. The molecular formula is C56H58Cl2N14O10. The summed E-state index contributed by atoms with van der Waals surface area (Å²) in [5, 5.41) is 17.6. The molecule has 0 bridgehead atoms. The summed E-state index contributed by atoms with van der Waals surface area (Å²) in [6, 6.07) is 21.3. The van der Waals surface area contributed by atoms with Gasteiger partial charge >= 0.3 is 29.4 Å². The van der Waals surface area contributed by atoms with Crippen molar-refractivity contribution in [3.05, 3.63) is 158 Å². The number of carboxylic acids is 1. The molecule has 4 N–H and O–H groups in total. The lowest BCUT2D eigenvalue weighted by Crippen LogP contribution is -2.40. The van der Waals surface area contributed by atoms with E-state index < -0.39 is 40.2 Å². The second-order valence-electron chi connectivity index (χ2n) is 20.6. The van der Waals surface area contributed by atoms with Gasteiger partial charge in [0.2, 0.25) is 11.9 Å². The zero-order chi connectivity index (χ0) is 59.2. The summed E-state index contributed by atoms with van der Waals surface area (Å²) in [4.78, 5) is 111. The lowest BCUT2D eigenvalue weighted by atomic mass is 10.1. The molecule has 0 unspecified atom stereocenters. The average molecular weight is 1160 g/mol. The zero-order valence-electron chi connectivity index (χ0n) is 46.5. The van der Waals surface area contributed by atoms with Gasteiger partial charge < -0.3 is 39.3 Å². The minimum Gasteiger partial charge on any atom is -0.481 e. The number of pyridine rings is 2. The number of hydrogen-bond donors (Lipinski definition) is 4. The lowest BCUT2D eigenvalue weighted by molar-refractivity contribution is -0.140. The molecule has 10 rings (SSSR count). The van der Waals surface area contributed by atoms with Crippen LogP contribution >= 0.6 is 23.2 Å². The molecule has 0 radical (unpaired) electrons.